The van der Waals surface area contributed by atoms with E-state index in [1.165, 1.54) is 66.0 Å². The molecule has 12 rings (SSSR count). The highest BCUT2D eigenvalue weighted by molar-refractivity contribution is 6.14. The maximum Gasteiger partial charge on any atom is 0.160 e. The third-order valence-corrected chi connectivity index (χ3v) is 15.6. The van der Waals surface area contributed by atoms with Gasteiger partial charge in [0.2, 0.25) is 0 Å². The van der Waals surface area contributed by atoms with E-state index in [4.69, 9.17) is 9.97 Å². The van der Waals surface area contributed by atoms with Crippen molar-refractivity contribution in [3.05, 3.63) is 205 Å². The van der Waals surface area contributed by atoms with Crippen LogP contribution in [0.15, 0.2) is 194 Å². The molecule has 8 aromatic carbocycles. The summed E-state index contributed by atoms with van der Waals surface area (Å²) in [5.41, 5.74) is 17.3. The van der Waals surface area contributed by atoms with Crippen LogP contribution in [-0.4, -0.2) is 19.1 Å². The topological polar surface area (TPSA) is 35.6 Å². The highest BCUT2D eigenvalue weighted by Gasteiger charge is 2.57. The third-order valence-electron chi connectivity index (χ3n) is 15.6. The lowest BCUT2D eigenvalue weighted by Crippen LogP contribution is -2.42. The minimum absolute atomic E-state index is 0.00257. The second kappa shape index (κ2) is 14.2. The molecule has 1 aliphatic rings. The number of benzene rings is 8. The first-order valence-corrected chi connectivity index (χ1v) is 22.8. The van der Waals surface area contributed by atoms with Crippen molar-refractivity contribution in [3.8, 4) is 56.4 Å². The quantitative estimate of drug-likeness (QED) is 0.167. The Morgan fingerprint density at radius 2 is 0.877 bits per heavy atom. The van der Waals surface area contributed by atoms with E-state index < -0.39 is 0 Å². The lowest BCUT2D eigenvalue weighted by Gasteiger charge is -2.44. The van der Waals surface area contributed by atoms with Gasteiger partial charge in [-0.1, -0.05) is 169 Å². The first-order chi connectivity index (χ1) is 31.5. The molecule has 0 radical (unpaired) electrons. The van der Waals surface area contributed by atoms with Crippen LogP contribution < -0.4 is 0 Å². The number of nitrogens with zero attached hydrogens (tertiary/aromatic N) is 4. The molecule has 0 aliphatic heterocycles. The first kappa shape index (κ1) is 39.1. The monoisotopic (exact) mass is 838 g/mol. The number of fused-ring (bicyclic) bond motifs is 8. The molecule has 0 bridgehead atoms. The number of aromatic nitrogens is 4. The summed E-state index contributed by atoms with van der Waals surface area (Å²) in [6.07, 6.45) is 0. The molecule has 11 aromatic rings. The summed E-state index contributed by atoms with van der Waals surface area (Å²) in [5.74, 6) is 0.709. The van der Waals surface area contributed by atoms with Crippen molar-refractivity contribution in [1.29, 1.82) is 0 Å². The van der Waals surface area contributed by atoms with E-state index in [1.807, 2.05) is 24.3 Å². The van der Waals surface area contributed by atoms with Crippen LogP contribution in [0.25, 0.3) is 100 Å². The van der Waals surface area contributed by atoms with E-state index in [2.05, 4.69) is 221 Å². The fourth-order valence-electron chi connectivity index (χ4n) is 11.1. The molecule has 0 spiro atoms. The predicted molar refractivity (Wildman–Crippen MR) is 272 cm³/mol. The van der Waals surface area contributed by atoms with Crippen molar-refractivity contribution in [2.24, 2.45) is 5.41 Å². The Morgan fingerprint density at radius 1 is 0.354 bits per heavy atom. The lowest BCUT2D eigenvalue weighted by atomic mass is 9.59. The van der Waals surface area contributed by atoms with Crippen LogP contribution in [-0.2, 0) is 10.8 Å². The Kier molecular flexibility index (Phi) is 8.55. The third kappa shape index (κ3) is 5.76. The van der Waals surface area contributed by atoms with E-state index in [-0.39, 0.29) is 16.2 Å². The Balaban J connectivity index is 1.03. The van der Waals surface area contributed by atoms with Gasteiger partial charge in [-0.2, -0.15) is 0 Å². The first-order valence-electron chi connectivity index (χ1n) is 22.8. The van der Waals surface area contributed by atoms with E-state index >= 15 is 0 Å². The molecule has 3 heterocycles. The highest BCUT2D eigenvalue weighted by Crippen LogP contribution is 2.63. The number of hydrogen-bond acceptors (Lipinski definition) is 2. The normalized spacial score (nSPS) is 15.0. The van der Waals surface area contributed by atoms with Gasteiger partial charge in [0.1, 0.15) is 0 Å². The van der Waals surface area contributed by atoms with Crippen molar-refractivity contribution in [1.82, 2.24) is 19.1 Å². The van der Waals surface area contributed by atoms with Gasteiger partial charge in [-0.15, -0.1) is 0 Å². The average molecular weight is 839 g/mol. The Labute approximate surface area is 380 Å². The number of rotatable bonds is 6. The molecule has 3 aromatic heterocycles. The van der Waals surface area contributed by atoms with Crippen LogP contribution in [0.5, 0.6) is 0 Å². The van der Waals surface area contributed by atoms with Crippen LogP contribution in [0, 0.1) is 5.41 Å². The maximum atomic E-state index is 5.17. The van der Waals surface area contributed by atoms with Gasteiger partial charge in [0.15, 0.2) is 5.82 Å². The fourth-order valence-corrected chi connectivity index (χ4v) is 11.1. The van der Waals surface area contributed by atoms with Crippen molar-refractivity contribution < 1.29 is 0 Å². The largest absolute Gasteiger partial charge is 0.309 e. The Bertz CT molecular complexity index is 3610. The van der Waals surface area contributed by atoms with Gasteiger partial charge < -0.3 is 9.13 Å². The molecule has 1 aliphatic carbocycles. The Hall–Kier alpha value is -7.56. The molecule has 0 saturated heterocycles. The van der Waals surface area contributed by atoms with E-state index in [9.17, 15) is 0 Å². The molecular weight excluding hydrogens is 789 g/mol. The van der Waals surface area contributed by atoms with Crippen LogP contribution in [0.3, 0.4) is 0 Å². The molecule has 0 N–H and O–H groups in total. The molecule has 0 fully saturated rings. The SMILES string of the molecule is CC1(C)c2ccc3c(c2C(C)(C)C1(C)C)c1cc(-c2ccc4c(c2)c2ccccc2n4-c2cccc(-c4cc(-c5ccccc5)nc(-c5ccccc5)n4)c2)ccc1n3-c1ccccc1. The molecule has 4 nitrogen and oxygen atoms in total. The minimum atomic E-state index is -0.0585. The van der Waals surface area contributed by atoms with Crippen molar-refractivity contribution in [3.63, 3.8) is 0 Å². The number of para-hydroxylation sites is 2. The molecule has 65 heavy (non-hydrogen) atoms. The van der Waals surface area contributed by atoms with Crippen molar-refractivity contribution >= 4 is 43.6 Å². The lowest BCUT2D eigenvalue weighted by molar-refractivity contribution is 0.125. The maximum absolute atomic E-state index is 5.17. The Morgan fingerprint density at radius 3 is 1.58 bits per heavy atom. The van der Waals surface area contributed by atoms with Gasteiger partial charge >= 0.3 is 0 Å². The standard InChI is InChI=1S/C61H50N4/c1-59(2)49-31-34-55-56(57(49)60(3,4)61(59,5)6)48-37-42(30-33-54(48)64(55)44-24-14-9-15-25-44)41-29-32-53-47(36-41)46-27-16-17-28-52(46)65(53)45-26-18-23-43(35-45)51-38-50(39-19-10-7-11-20-39)62-58(63-51)40-21-12-8-13-22-40/h7-38H,1-6H3. The minimum Gasteiger partial charge on any atom is -0.309 e. The zero-order valence-electron chi connectivity index (χ0n) is 37.8. The smallest absolute Gasteiger partial charge is 0.160 e. The van der Waals surface area contributed by atoms with Gasteiger partial charge in [-0.25, -0.2) is 9.97 Å². The van der Waals surface area contributed by atoms with Gasteiger partial charge in [0.25, 0.3) is 0 Å². The summed E-state index contributed by atoms with van der Waals surface area (Å²) in [6, 6.07) is 70.1. The zero-order valence-corrected chi connectivity index (χ0v) is 37.8. The van der Waals surface area contributed by atoms with E-state index in [0.29, 0.717) is 5.82 Å². The van der Waals surface area contributed by atoms with Gasteiger partial charge in [-0.3, -0.25) is 0 Å². The average Bonchev–Trinajstić information content (AvgIpc) is 3.89. The molecular formula is C61H50N4. The molecule has 0 amide bonds. The molecule has 314 valence electrons. The predicted octanol–water partition coefficient (Wildman–Crippen LogP) is 15.9. The van der Waals surface area contributed by atoms with E-state index in [1.54, 1.807) is 0 Å². The molecule has 0 atom stereocenters. The highest BCUT2D eigenvalue weighted by atomic mass is 15.0. The summed E-state index contributed by atoms with van der Waals surface area (Å²) in [5, 5.41) is 5.12. The number of hydrogen-bond donors (Lipinski definition) is 0. The molecule has 0 saturated carbocycles. The van der Waals surface area contributed by atoms with Crippen molar-refractivity contribution in [2.45, 2.75) is 52.4 Å². The summed E-state index contributed by atoms with van der Waals surface area (Å²) in [4.78, 5) is 10.2. The molecule has 0 unspecified atom stereocenters. The second-order valence-electron chi connectivity index (χ2n) is 19.5. The second-order valence-corrected chi connectivity index (χ2v) is 19.5. The fraction of sp³-hybridized carbons (Fsp3) is 0.148. The summed E-state index contributed by atoms with van der Waals surface area (Å²) >= 11 is 0. The van der Waals surface area contributed by atoms with Crippen molar-refractivity contribution in [2.75, 3.05) is 0 Å². The zero-order chi connectivity index (χ0) is 44.2. The van der Waals surface area contributed by atoms with Gasteiger partial charge in [0.05, 0.1) is 33.5 Å². The van der Waals surface area contributed by atoms with E-state index in [0.717, 1.165) is 39.3 Å². The van der Waals surface area contributed by atoms with Gasteiger partial charge in [-0.05, 0) is 105 Å². The summed E-state index contributed by atoms with van der Waals surface area (Å²) in [6.45, 7) is 14.7. The summed E-state index contributed by atoms with van der Waals surface area (Å²) < 4.78 is 4.88. The van der Waals surface area contributed by atoms with Crippen LogP contribution in [0.4, 0.5) is 0 Å². The van der Waals surface area contributed by atoms with Crippen LogP contribution in [0.1, 0.15) is 52.7 Å². The molecule has 4 heteroatoms. The van der Waals surface area contributed by atoms with Crippen LogP contribution in [0.2, 0.25) is 0 Å². The van der Waals surface area contributed by atoms with Crippen LogP contribution >= 0.6 is 0 Å². The van der Waals surface area contributed by atoms with Gasteiger partial charge in [0, 0.05) is 49.6 Å². The summed E-state index contributed by atoms with van der Waals surface area (Å²) in [7, 11) is 0.